The van der Waals surface area contributed by atoms with Crippen LogP contribution < -0.4 is 5.73 Å². The van der Waals surface area contributed by atoms with Crippen molar-refractivity contribution in [1.82, 2.24) is 0 Å². The van der Waals surface area contributed by atoms with Crippen LogP contribution in [0.1, 0.15) is 31.9 Å². The van der Waals surface area contributed by atoms with E-state index in [2.05, 4.69) is 54.9 Å². The van der Waals surface area contributed by atoms with Crippen molar-refractivity contribution in [2.45, 2.75) is 39.2 Å². The number of nitrogens with two attached hydrogens (primary N) is 1. The fourth-order valence-electron chi connectivity index (χ4n) is 1.55. The number of halogens is 1. The van der Waals surface area contributed by atoms with Gasteiger partial charge in [-0.3, -0.25) is 0 Å². The van der Waals surface area contributed by atoms with Gasteiger partial charge in [0.05, 0.1) is 0 Å². The Labute approximate surface area is 94.8 Å². The maximum absolute atomic E-state index is 5.99. The van der Waals surface area contributed by atoms with E-state index in [1.54, 1.807) is 0 Å². The molecular formula is C12H18BrN. The van der Waals surface area contributed by atoms with Crippen molar-refractivity contribution in [3.63, 3.8) is 0 Å². The molecule has 0 radical (unpaired) electrons. The van der Waals surface area contributed by atoms with Crippen molar-refractivity contribution in [2.75, 3.05) is 0 Å². The molecule has 2 N–H and O–H groups in total. The maximum atomic E-state index is 5.99. The van der Waals surface area contributed by atoms with Gasteiger partial charge in [0.2, 0.25) is 0 Å². The predicted octanol–water partition coefficient (Wildman–Crippen LogP) is 3.29. The average Bonchev–Trinajstić information content (AvgIpc) is 1.99. The van der Waals surface area contributed by atoms with Crippen LogP contribution in [0, 0.1) is 0 Å². The third-order valence-electron chi connectivity index (χ3n) is 2.09. The summed E-state index contributed by atoms with van der Waals surface area (Å²) >= 11 is 3.52. The number of rotatable bonds is 3. The van der Waals surface area contributed by atoms with Crippen molar-refractivity contribution in [3.8, 4) is 0 Å². The van der Waals surface area contributed by atoms with Gasteiger partial charge in [-0.25, -0.2) is 0 Å². The summed E-state index contributed by atoms with van der Waals surface area (Å²) in [5.74, 6) is 0. The van der Waals surface area contributed by atoms with Crippen molar-refractivity contribution in [3.05, 3.63) is 33.8 Å². The molecule has 0 heterocycles. The molecule has 0 aliphatic rings. The molecule has 0 saturated heterocycles. The topological polar surface area (TPSA) is 26.0 Å². The third kappa shape index (κ3) is 3.81. The van der Waals surface area contributed by atoms with Gasteiger partial charge >= 0.3 is 0 Å². The first-order valence-electron chi connectivity index (χ1n) is 4.98. The molecule has 78 valence electrons. The van der Waals surface area contributed by atoms with Crippen molar-refractivity contribution >= 4 is 15.9 Å². The Bertz CT molecular complexity index is 313. The van der Waals surface area contributed by atoms with Gasteiger partial charge in [-0.2, -0.15) is 0 Å². The fraction of sp³-hybridized carbons (Fsp3) is 0.500. The minimum Gasteiger partial charge on any atom is -0.325 e. The van der Waals surface area contributed by atoms with Crippen molar-refractivity contribution in [1.29, 1.82) is 0 Å². The van der Waals surface area contributed by atoms with Crippen LogP contribution in [0.25, 0.3) is 0 Å². The lowest BCUT2D eigenvalue weighted by atomic mass is 9.95. The SMILES string of the molecule is CCc1cc(Br)cc(CC(C)(C)N)c1. The van der Waals surface area contributed by atoms with Crippen molar-refractivity contribution < 1.29 is 0 Å². The highest BCUT2D eigenvalue weighted by atomic mass is 79.9. The number of aryl methyl sites for hydroxylation is 1. The molecule has 0 unspecified atom stereocenters. The van der Waals surface area contributed by atoms with Crippen LogP contribution in [0.3, 0.4) is 0 Å². The van der Waals surface area contributed by atoms with E-state index < -0.39 is 0 Å². The Hall–Kier alpha value is -0.340. The van der Waals surface area contributed by atoms with Crippen molar-refractivity contribution in [2.24, 2.45) is 5.73 Å². The molecule has 0 amide bonds. The normalized spacial score (nSPS) is 11.8. The van der Waals surface area contributed by atoms with Crippen LogP contribution in [-0.4, -0.2) is 5.54 Å². The molecule has 0 aromatic heterocycles. The zero-order valence-electron chi connectivity index (χ0n) is 9.10. The lowest BCUT2D eigenvalue weighted by Crippen LogP contribution is -2.34. The van der Waals surface area contributed by atoms with E-state index in [1.807, 2.05) is 0 Å². The molecule has 1 aromatic carbocycles. The molecule has 0 aliphatic carbocycles. The Morgan fingerprint density at radius 2 is 1.79 bits per heavy atom. The summed E-state index contributed by atoms with van der Waals surface area (Å²) in [7, 11) is 0. The van der Waals surface area contributed by atoms with Gasteiger partial charge in [0.15, 0.2) is 0 Å². The average molecular weight is 256 g/mol. The van der Waals surface area contributed by atoms with Gasteiger partial charge in [-0.05, 0) is 49.9 Å². The Morgan fingerprint density at radius 3 is 2.29 bits per heavy atom. The van der Waals surface area contributed by atoms with E-state index in [0.717, 1.165) is 17.3 Å². The Kier molecular flexibility index (Phi) is 3.73. The molecule has 0 bridgehead atoms. The quantitative estimate of drug-likeness (QED) is 0.882. The summed E-state index contributed by atoms with van der Waals surface area (Å²) in [6.07, 6.45) is 1.98. The highest BCUT2D eigenvalue weighted by Gasteiger charge is 2.12. The second-order valence-electron chi connectivity index (χ2n) is 4.49. The third-order valence-corrected chi connectivity index (χ3v) is 2.54. The lowest BCUT2D eigenvalue weighted by Gasteiger charge is -2.19. The number of hydrogen-bond acceptors (Lipinski definition) is 1. The van der Waals surface area contributed by atoms with Crippen LogP contribution in [0.4, 0.5) is 0 Å². The highest BCUT2D eigenvalue weighted by Crippen LogP contribution is 2.19. The summed E-state index contributed by atoms with van der Waals surface area (Å²) in [5.41, 5.74) is 8.53. The summed E-state index contributed by atoms with van der Waals surface area (Å²) in [4.78, 5) is 0. The number of benzene rings is 1. The van der Waals surface area contributed by atoms with Crippen LogP contribution >= 0.6 is 15.9 Å². The predicted molar refractivity (Wildman–Crippen MR) is 65.5 cm³/mol. The van der Waals surface area contributed by atoms with E-state index in [4.69, 9.17) is 5.73 Å². The molecule has 14 heavy (non-hydrogen) atoms. The summed E-state index contributed by atoms with van der Waals surface area (Å²) < 4.78 is 1.15. The van der Waals surface area contributed by atoms with Gasteiger partial charge in [0, 0.05) is 10.0 Å². The minimum atomic E-state index is -0.133. The summed E-state index contributed by atoms with van der Waals surface area (Å²) in [6, 6.07) is 6.54. The van der Waals surface area contributed by atoms with E-state index in [9.17, 15) is 0 Å². The van der Waals surface area contributed by atoms with Gasteiger partial charge < -0.3 is 5.73 Å². The standard InChI is InChI=1S/C12H18BrN/c1-4-9-5-10(7-11(13)6-9)8-12(2,3)14/h5-7H,4,8,14H2,1-3H3. The Balaban J connectivity index is 2.92. The van der Waals surface area contributed by atoms with E-state index >= 15 is 0 Å². The van der Waals surface area contributed by atoms with Crippen LogP contribution in [-0.2, 0) is 12.8 Å². The van der Waals surface area contributed by atoms with E-state index in [1.165, 1.54) is 11.1 Å². The van der Waals surface area contributed by atoms with Gasteiger partial charge in [0.25, 0.3) is 0 Å². The van der Waals surface area contributed by atoms with Gasteiger partial charge in [0.1, 0.15) is 0 Å². The molecule has 0 saturated carbocycles. The second-order valence-corrected chi connectivity index (χ2v) is 5.40. The maximum Gasteiger partial charge on any atom is 0.0180 e. The molecule has 1 nitrogen and oxygen atoms in total. The monoisotopic (exact) mass is 255 g/mol. The zero-order valence-corrected chi connectivity index (χ0v) is 10.7. The fourth-order valence-corrected chi connectivity index (χ4v) is 2.14. The van der Waals surface area contributed by atoms with Crippen LogP contribution in [0.15, 0.2) is 22.7 Å². The highest BCUT2D eigenvalue weighted by molar-refractivity contribution is 9.10. The summed E-state index contributed by atoms with van der Waals surface area (Å²) in [6.45, 7) is 6.28. The second kappa shape index (κ2) is 4.45. The Morgan fingerprint density at radius 1 is 1.21 bits per heavy atom. The first kappa shape index (κ1) is 11.7. The van der Waals surface area contributed by atoms with Gasteiger partial charge in [-0.1, -0.05) is 28.9 Å². The lowest BCUT2D eigenvalue weighted by molar-refractivity contribution is 0.516. The molecule has 1 rings (SSSR count). The van der Waals surface area contributed by atoms with E-state index in [-0.39, 0.29) is 5.54 Å². The first-order chi connectivity index (χ1) is 6.40. The molecular weight excluding hydrogens is 238 g/mol. The minimum absolute atomic E-state index is 0.133. The molecule has 0 spiro atoms. The zero-order chi connectivity index (χ0) is 10.8. The van der Waals surface area contributed by atoms with Crippen LogP contribution in [0.2, 0.25) is 0 Å². The molecule has 0 fully saturated rings. The van der Waals surface area contributed by atoms with Crippen LogP contribution in [0.5, 0.6) is 0 Å². The van der Waals surface area contributed by atoms with Gasteiger partial charge in [-0.15, -0.1) is 0 Å². The van der Waals surface area contributed by atoms with E-state index in [0.29, 0.717) is 0 Å². The molecule has 0 atom stereocenters. The first-order valence-corrected chi connectivity index (χ1v) is 5.77. The largest absolute Gasteiger partial charge is 0.325 e. The smallest absolute Gasteiger partial charge is 0.0180 e. The molecule has 0 aliphatic heterocycles. The molecule has 2 heteroatoms. The summed E-state index contributed by atoms with van der Waals surface area (Å²) in [5, 5.41) is 0. The molecule has 1 aromatic rings. The number of hydrogen-bond donors (Lipinski definition) is 1.